The molecule has 0 spiro atoms. The Morgan fingerprint density at radius 3 is 1.63 bits per heavy atom. The van der Waals surface area contributed by atoms with Gasteiger partial charge in [-0.05, 0) is 64.3 Å². The van der Waals surface area contributed by atoms with E-state index in [4.69, 9.17) is 0 Å². The molecule has 0 amide bonds. The molecule has 0 saturated carbocycles. The van der Waals surface area contributed by atoms with Crippen molar-refractivity contribution in [3.63, 3.8) is 0 Å². The lowest BCUT2D eigenvalue weighted by Crippen LogP contribution is -2.25. The predicted molar refractivity (Wildman–Crippen MR) is 97.3 cm³/mol. The first-order valence-corrected chi connectivity index (χ1v) is 8.95. The number of benzene rings is 1. The molecule has 9 heteroatoms. The Kier molecular flexibility index (Phi) is 6.11. The van der Waals surface area contributed by atoms with Gasteiger partial charge in [-0.3, -0.25) is 9.59 Å². The van der Waals surface area contributed by atoms with Crippen molar-refractivity contribution >= 4 is 17.1 Å². The molecule has 0 fully saturated rings. The molecule has 0 bridgehead atoms. The zero-order valence-electron chi connectivity index (χ0n) is 16.7. The molecule has 1 aromatic carbocycles. The fraction of sp³-hybridized carbons (Fsp3) is 0.429. The van der Waals surface area contributed by atoms with Crippen LogP contribution in [0, 0.1) is 0 Å². The second kappa shape index (κ2) is 7.68. The Bertz CT molecular complexity index is 924. The van der Waals surface area contributed by atoms with E-state index < -0.39 is 51.8 Å². The highest BCUT2D eigenvalue weighted by atomic mass is 19.4. The van der Waals surface area contributed by atoms with Crippen molar-refractivity contribution in [2.45, 2.75) is 58.5 Å². The van der Waals surface area contributed by atoms with Gasteiger partial charge in [0.2, 0.25) is 0 Å². The van der Waals surface area contributed by atoms with E-state index in [0.29, 0.717) is 12.1 Å². The first-order chi connectivity index (χ1) is 13.4. The molecule has 0 atom stereocenters. The molecule has 1 aromatic rings. The van der Waals surface area contributed by atoms with Crippen molar-refractivity contribution in [2.24, 2.45) is 0 Å². The van der Waals surface area contributed by atoms with Crippen LogP contribution >= 0.6 is 0 Å². The highest BCUT2D eigenvalue weighted by molar-refractivity contribution is 6.39. The van der Waals surface area contributed by atoms with Crippen LogP contribution in [0.3, 0.4) is 0 Å². The molecule has 1 aliphatic rings. The monoisotopic (exact) mass is 434 g/mol. The maximum absolute atomic E-state index is 13.2. The number of halogens is 6. The molecular weight excluding hydrogens is 414 g/mol. The van der Waals surface area contributed by atoms with Crippen LogP contribution in [0.2, 0.25) is 0 Å². The summed E-state index contributed by atoms with van der Waals surface area (Å²) in [5.41, 5.74) is -5.74. The number of allylic oxidation sites excluding steroid dienone is 4. The van der Waals surface area contributed by atoms with Crippen molar-refractivity contribution in [3.05, 3.63) is 51.6 Å². The molecule has 2 rings (SSSR count). The number of carbonyl (C=O) groups excluding carboxylic acids is 2. The molecule has 1 N–H and O–H groups in total. The second-order valence-electron chi connectivity index (χ2n) is 7.87. The van der Waals surface area contributed by atoms with Gasteiger partial charge in [0, 0.05) is 22.3 Å². The summed E-state index contributed by atoms with van der Waals surface area (Å²) in [6.07, 6.45) is -10.4. The largest absolute Gasteiger partial charge is 0.416 e. The number of alkyl halides is 6. The molecular formula is C21H20F6O3. The van der Waals surface area contributed by atoms with E-state index >= 15 is 0 Å². The zero-order valence-corrected chi connectivity index (χ0v) is 16.7. The van der Waals surface area contributed by atoms with E-state index in [-0.39, 0.29) is 35.6 Å². The van der Waals surface area contributed by atoms with Gasteiger partial charge < -0.3 is 5.11 Å². The van der Waals surface area contributed by atoms with Gasteiger partial charge in [-0.25, -0.2) is 0 Å². The lowest BCUT2D eigenvalue weighted by molar-refractivity contribution is -0.143. The molecule has 0 unspecified atom stereocenters. The van der Waals surface area contributed by atoms with Gasteiger partial charge >= 0.3 is 12.4 Å². The minimum absolute atomic E-state index is 0.0255. The summed E-state index contributed by atoms with van der Waals surface area (Å²) < 4.78 is 79.4. The number of rotatable bonds is 4. The Morgan fingerprint density at radius 2 is 1.23 bits per heavy atom. The molecule has 30 heavy (non-hydrogen) atoms. The van der Waals surface area contributed by atoms with Crippen molar-refractivity contribution in [1.82, 2.24) is 0 Å². The third-order valence-electron chi connectivity index (χ3n) is 4.91. The Balaban J connectivity index is 2.82. The van der Waals surface area contributed by atoms with Crippen LogP contribution in [0.25, 0.3) is 5.57 Å². The van der Waals surface area contributed by atoms with E-state index in [9.17, 15) is 41.0 Å². The summed E-state index contributed by atoms with van der Waals surface area (Å²) in [6.45, 7) is 5.52. The highest BCUT2D eigenvalue weighted by Gasteiger charge is 2.39. The minimum Gasteiger partial charge on any atom is -0.390 e. The van der Waals surface area contributed by atoms with Gasteiger partial charge in [-0.2, -0.15) is 26.3 Å². The Morgan fingerprint density at radius 1 is 0.800 bits per heavy atom. The summed E-state index contributed by atoms with van der Waals surface area (Å²) in [5, 5.41) is 9.95. The average Bonchev–Trinajstić information content (AvgIpc) is 2.59. The van der Waals surface area contributed by atoms with E-state index in [1.165, 1.54) is 27.7 Å². The minimum atomic E-state index is -5.09. The van der Waals surface area contributed by atoms with Crippen LogP contribution in [0.5, 0.6) is 0 Å². The smallest absolute Gasteiger partial charge is 0.390 e. The summed E-state index contributed by atoms with van der Waals surface area (Å²) in [4.78, 5) is 25.6. The number of ketones is 2. The van der Waals surface area contributed by atoms with Gasteiger partial charge in [0.15, 0.2) is 11.6 Å². The van der Waals surface area contributed by atoms with Crippen LogP contribution < -0.4 is 0 Å². The van der Waals surface area contributed by atoms with Crippen LogP contribution in [0.15, 0.2) is 34.9 Å². The number of hydrogen-bond donors (Lipinski definition) is 1. The maximum Gasteiger partial charge on any atom is 0.416 e. The first kappa shape index (κ1) is 23.9. The predicted octanol–water partition coefficient (Wildman–Crippen LogP) is 5.52. The van der Waals surface area contributed by atoms with Gasteiger partial charge in [-0.15, -0.1) is 0 Å². The van der Waals surface area contributed by atoms with Crippen molar-refractivity contribution in [3.8, 4) is 0 Å². The summed E-state index contributed by atoms with van der Waals surface area (Å²) in [6, 6.07) is 0.838. The normalized spacial score (nSPS) is 16.6. The highest BCUT2D eigenvalue weighted by Crippen LogP contribution is 2.41. The quantitative estimate of drug-likeness (QED) is 0.502. The van der Waals surface area contributed by atoms with Crippen LogP contribution in [0.4, 0.5) is 26.3 Å². The third-order valence-corrected chi connectivity index (χ3v) is 4.91. The van der Waals surface area contributed by atoms with Crippen molar-refractivity contribution < 1.29 is 41.0 Å². The summed E-state index contributed by atoms with van der Waals surface area (Å²) >= 11 is 0. The third kappa shape index (κ3) is 5.00. The maximum atomic E-state index is 13.2. The van der Waals surface area contributed by atoms with Crippen molar-refractivity contribution in [1.29, 1.82) is 0 Å². The van der Waals surface area contributed by atoms with Crippen molar-refractivity contribution in [2.75, 3.05) is 0 Å². The SMILES string of the molecule is CC1=C(C)C(=O)C(c2cc(C(F)(F)F)cc(C(F)(F)F)c2)=C(CCC(C)(C)O)C1=O. The van der Waals surface area contributed by atoms with Gasteiger partial charge in [0.05, 0.1) is 16.7 Å². The number of hydrogen-bond acceptors (Lipinski definition) is 3. The van der Waals surface area contributed by atoms with Gasteiger partial charge in [0.25, 0.3) is 0 Å². The summed E-state index contributed by atoms with van der Waals surface area (Å²) in [5.74, 6) is -1.46. The fourth-order valence-electron chi connectivity index (χ4n) is 3.08. The van der Waals surface area contributed by atoms with Gasteiger partial charge in [0.1, 0.15) is 0 Å². The molecule has 0 saturated heterocycles. The van der Waals surface area contributed by atoms with Gasteiger partial charge in [-0.1, -0.05) is 0 Å². The average molecular weight is 434 g/mol. The molecule has 0 heterocycles. The van der Waals surface area contributed by atoms with E-state index in [2.05, 4.69) is 0 Å². The number of carbonyl (C=O) groups is 2. The fourth-order valence-corrected chi connectivity index (χ4v) is 3.08. The Labute approximate surface area is 169 Å². The lowest BCUT2D eigenvalue weighted by atomic mass is 9.79. The standard InChI is InChI=1S/C21H20F6O3/c1-10-11(2)18(29)16(15(17(10)28)5-6-19(3,4)30)12-7-13(20(22,23)24)9-14(8-12)21(25,26)27/h7-9,30H,5-6H2,1-4H3. The molecule has 3 nitrogen and oxygen atoms in total. The van der Waals surface area contributed by atoms with Crippen LogP contribution in [-0.2, 0) is 21.9 Å². The van der Waals surface area contributed by atoms with E-state index in [1.807, 2.05) is 0 Å². The second-order valence-corrected chi connectivity index (χ2v) is 7.87. The molecule has 1 aliphatic carbocycles. The first-order valence-electron chi connectivity index (χ1n) is 8.95. The molecule has 0 radical (unpaired) electrons. The van der Waals surface area contributed by atoms with Crippen LogP contribution in [-0.4, -0.2) is 22.3 Å². The molecule has 0 aliphatic heterocycles. The Hall–Kier alpha value is -2.42. The summed E-state index contributed by atoms with van der Waals surface area (Å²) in [7, 11) is 0. The number of aliphatic hydroxyl groups is 1. The molecule has 0 aromatic heterocycles. The van der Waals surface area contributed by atoms with E-state index in [1.54, 1.807) is 0 Å². The van der Waals surface area contributed by atoms with E-state index in [0.717, 1.165) is 0 Å². The van der Waals surface area contributed by atoms with Crippen LogP contribution in [0.1, 0.15) is 57.2 Å². The topological polar surface area (TPSA) is 54.4 Å². The zero-order chi connectivity index (χ0) is 23.2. The number of Topliss-reactive ketones (excluding diaryl/α,β-unsaturated/α-hetero) is 2. The lowest BCUT2D eigenvalue weighted by Gasteiger charge is -2.24. The molecule has 164 valence electrons.